The van der Waals surface area contributed by atoms with Gasteiger partial charge in [-0.25, -0.2) is 0 Å². The van der Waals surface area contributed by atoms with Crippen LogP contribution in [0.5, 0.6) is 0 Å². The van der Waals surface area contributed by atoms with E-state index in [0.717, 1.165) is 0 Å². The van der Waals surface area contributed by atoms with E-state index >= 15 is 0 Å². The molecule has 1 heteroatoms. The fourth-order valence-corrected chi connectivity index (χ4v) is 21.7. The third-order valence-electron chi connectivity index (χ3n) is 6.60. The van der Waals surface area contributed by atoms with Gasteiger partial charge in [0.2, 0.25) is 0 Å². The molecule has 4 rings (SSSR count). The summed E-state index contributed by atoms with van der Waals surface area (Å²) in [4.78, 5) is 0. The van der Waals surface area contributed by atoms with Crippen LogP contribution in [0.1, 0.15) is 33.4 Å². The molecule has 0 heterocycles. The topological polar surface area (TPSA) is 0 Å². The molecule has 0 spiro atoms. The molecule has 0 saturated heterocycles. The van der Waals surface area contributed by atoms with Gasteiger partial charge in [0.1, 0.15) is 0 Å². The fourth-order valence-electron chi connectivity index (χ4n) is 5.01. The molecule has 0 nitrogen and oxygen atoms in total. The molecule has 0 aromatic heterocycles. The zero-order valence-corrected chi connectivity index (χ0v) is 22.4. The van der Waals surface area contributed by atoms with Crippen LogP contribution in [0.15, 0.2) is 84.9 Å². The van der Waals surface area contributed by atoms with E-state index in [2.05, 4.69) is 126 Å². The van der Waals surface area contributed by atoms with E-state index in [9.17, 15) is 0 Å². The second-order valence-corrected chi connectivity index (χ2v) is 19.6. The van der Waals surface area contributed by atoms with Crippen molar-refractivity contribution in [2.45, 2.75) is 41.5 Å². The number of rotatable bonds is 4. The van der Waals surface area contributed by atoms with Gasteiger partial charge in [0.05, 0.1) is 0 Å². The molecule has 0 atom stereocenters. The molecule has 0 aliphatic carbocycles. The van der Waals surface area contributed by atoms with Gasteiger partial charge in [-0.2, -0.15) is 0 Å². The second-order valence-electron chi connectivity index (χ2n) is 9.07. The number of hydrogen-bond donors (Lipinski definition) is 0. The first-order valence-corrected chi connectivity index (χ1v) is 16.8. The number of benzene rings is 4. The standard InChI is InChI=1S/3C8H9.C6H5.Sn/c3*1-7-3-5-8(2)6-4-7;1-2-4-6-5-3-1;/h3*3-5H,1-2H3;1-5H;. The van der Waals surface area contributed by atoms with Crippen molar-refractivity contribution in [1.82, 2.24) is 0 Å². The molecular formula is C30H32Sn. The van der Waals surface area contributed by atoms with Crippen molar-refractivity contribution in [3.8, 4) is 0 Å². The van der Waals surface area contributed by atoms with E-state index in [1.807, 2.05) is 0 Å². The van der Waals surface area contributed by atoms with Gasteiger partial charge < -0.3 is 0 Å². The molecule has 0 fully saturated rings. The predicted molar refractivity (Wildman–Crippen MR) is 138 cm³/mol. The molecule has 0 radical (unpaired) electrons. The maximum atomic E-state index is 2.49. The first kappa shape index (κ1) is 21.9. The van der Waals surface area contributed by atoms with E-state index < -0.39 is 18.4 Å². The minimum atomic E-state index is -3.62. The zero-order chi connectivity index (χ0) is 22.2. The summed E-state index contributed by atoms with van der Waals surface area (Å²) in [6.07, 6.45) is 0. The van der Waals surface area contributed by atoms with E-state index in [4.69, 9.17) is 0 Å². The van der Waals surface area contributed by atoms with Crippen molar-refractivity contribution in [2.75, 3.05) is 0 Å². The van der Waals surface area contributed by atoms with Crippen molar-refractivity contribution in [2.24, 2.45) is 0 Å². The van der Waals surface area contributed by atoms with Crippen molar-refractivity contribution in [3.05, 3.63) is 118 Å². The van der Waals surface area contributed by atoms with Crippen LogP contribution in [0, 0.1) is 41.5 Å². The normalized spacial score (nSPS) is 11.5. The SMILES string of the molecule is Cc1ccc(C)[c]([Sn]([c]2ccccc2)([c]2cc(C)ccc2C)[c]2cc(C)ccc2C)c1. The minimum absolute atomic E-state index is 1.34. The quantitative estimate of drug-likeness (QED) is 0.342. The van der Waals surface area contributed by atoms with E-state index in [1.54, 1.807) is 10.7 Å². The third kappa shape index (κ3) is 3.87. The summed E-state index contributed by atoms with van der Waals surface area (Å²) < 4.78 is 6.24. The summed E-state index contributed by atoms with van der Waals surface area (Å²) in [7, 11) is 0. The first-order chi connectivity index (χ1) is 14.8. The van der Waals surface area contributed by atoms with Crippen LogP contribution in [-0.2, 0) is 0 Å². The van der Waals surface area contributed by atoms with Crippen molar-refractivity contribution in [3.63, 3.8) is 0 Å². The van der Waals surface area contributed by atoms with Crippen LogP contribution in [-0.4, -0.2) is 18.4 Å². The average molecular weight is 511 g/mol. The van der Waals surface area contributed by atoms with Gasteiger partial charge in [0, 0.05) is 0 Å². The van der Waals surface area contributed by atoms with Crippen LogP contribution in [0.25, 0.3) is 0 Å². The monoisotopic (exact) mass is 512 g/mol. The molecule has 0 aliphatic heterocycles. The summed E-state index contributed by atoms with van der Waals surface area (Å²) in [6, 6.07) is 32.6. The molecule has 4 aromatic carbocycles. The Bertz CT molecular complexity index is 1110. The second kappa shape index (κ2) is 8.67. The summed E-state index contributed by atoms with van der Waals surface area (Å²) in [5.41, 5.74) is 8.25. The molecule has 0 amide bonds. The first-order valence-electron chi connectivity index (χ1n) is 11.1. The Hall–Kier alpha value is -2.32. The van der Waals surface area contributed by atoms with Crippen LogP contribution < -0.4 is 14.3 Å². The van der Waals surface area contributed by atoms with E-state index in [0.29, 0.717) is 0 Å². The Morgan fingerprint density at radius 3 is 1.13 bits per heavy atom. The third-order valence-corrected chi connectivity index (χ3v) is 21.6. The van der Waals surface area contributed by atoms with Crippen LogP contribution in [0.2, 0.25) is 0 Å². The number of hydrogen-bond acceptors (Lipinski definition) is 0. The average Bonchev–Trinajstić information content (AvgIpc) is 2.76. The van der Waals surface area contributed by atoms with Gasteiger partial charge in [0.25, 0.3) is 0 Å². The Labute approximate surface area is 191 Å². The molecule has 0 bridgehead atoms. The Balaban J connectivity index is 2.29. The molecule has 0 saturated carbocycles. The molecule has 0 aliphatic rings. The Morgan fingerprint density at radius 2 is 0.774 bits per heavy atom. The Morgan fingerprint density at radius 1 is 0.419 bits per heavy atom. The Kier molecular flexibility index (Phi) is 6.12. The van der Waals surface area contributed by atoms with Crippen molar-refractivity contribution < 1.29 is 0 Å². The van der Waals surface area contributed by atoms with Crippen molar-refractivity contribution >= 4 is 32.7 Å². The molecule has 0 unspecified atom stereocenters. The van der Waals surface area contributed by atoms with Crippen molar-refractivity contribution in [1.29, 1.82) is 0 Å². The molecular weight excluding hydrogens is 479 g/mol. The van der Waals surface area contributed by atoms with Crippen LogP contribution in [0.3, 0.4) is 0 Å². The number of aryl methyl sites for hydroxylation is 6. The van der Waals surface area contributed by atoms with Gasteiger partial charge >= 0.3 is 193 Å². The van der Waals surface area contributed by atoms with Gasteiger partial charge in [-0.05, 0) is 0 Å². The van der Waals surface area contributed by atoms with E-state index in [-0.39, 0.29) is 0 Å². The van der Waals surface area contributed by atoms with E-state index in [1.165, 1.54) is 37.0 Å². The summed E-state index contributed by atoms with van der Waals surface area (Å²) >= 11 is -3.62. The maximum absolute atomic E-state index is 3.62. The van der Waals surface area contributed by atoms with Gasteiger partial charge in [-0.1, -0.05) is 0 Å². The molecule has 156 valence electrons. The molecule has 4 aromatic rings. The molecule has 31 heavy (non-hydrogen) atoms. The fraction of sp³-hybridized carbons (Fsp3) is 0.200. The predicted octanol–water partition coefficient (Wildman–Crippen LogP) is 4.91. The molecule has 0 N–H and O–H groups in total. The van der Waals surface area contributed by atoms with Gasteiger partial charge in [-0.15, -0.1) is 0 Å². The zero-order valence-electron chi connectivity index (χ0n) is 19.6. The van der Waals surface area contributed by atoms with Gasteiger partial charge in [0.15, 0.2) is 0 Å². The van der Waals surface area contributed by atoms with Crippen LogP contribution in [0.4, 0.5) is 0 Å². The summed E-state index contributed by atoms with van der Waals surface area (Å²) in [5, 5.41) is 0. The summed E-state index contributed by atoms with van der Waals surface area (Å²) in [6.45, 7) is 13.6. The summed E-state index contributed by atoms with van der Waals surface area (Å²) in [5.74, 6) is 0. The van der Waals surface area contributed by atoms with Gasteiger partial charge in [-0.3, -0.25) is 0 Å². The van der Waals surface area contributed by atoms with Crippen LogP contribution >= 0.6 is 0 Å².